The number of esters is 1. The van der Waals surface area contributed by atoms with E-state index in [2.05, 4.69) is 0 Å². The summed E-state index contributed by atoms with van der Waals surface area (Å²) in [6, 6.07) is 17.2. The number of amides is 2. The average molecular weight is 471 g/mol. The van der Waals surface area contributed by atoms with Crippen molar-refractivity contribution in [3.8, 4) is 11.3 Å². The third-order valence-electron chi connectivity index (χ3n) is 6.94. The first-order valence-electron chi connectivity index (χ1n) is 11.8. The van der Waals surface area contributed by atoms with Crippen molar-refractivity contribution in [2.24, 2.45) is 18.9 Å². The summed E-state index contributed by atoms with van der Waals surface area (Å²) in [7, 11) is 1.91. The molecule has 7 nitrogen and oxygen atoms in total. The number of aryl methyl sites for hydroxylation is 1. The molecule has 1 aliphatic heterocycles. The first-order valence-corrected chi connectivity index (χ1v) is 11.8. The number of nitrogens with zero attached hydrogens (tertiary/aromatic N) is 2. The number of benzene rings is 2. The normalized spacial score (nSPS) is 19.3. The van der Waals surface area contributed by atoms with E-state index >= 15 is 0 Å². The Labute approximate surface area is 203 Å². The molecule has 2 aromatic carbocycles. The van der Waals surface area contributed by atoms with Gasteiger partial charge in [0.25, 0.3) is 0 Å². The second-order valence-corrected chi connectivity index (χ2v) is 8.98. The highest BCUT2D eigenvalue weighted by Gasteiger charge is 2.47. The van der Waals surface area contributed by atoms with Gasteiger partial charge < -0.3 is 9.30 Å². The fourth-order valence-electron chi connectivity index (χ4n) is 5.19. The maximum atomic E-state index is 13.3. The lowest BCUT2D eigenvalue weighted by molar-refractivity contribution is -0.145. The quantitative estimate of drug-likeness (QED) is 0.226. The number of carbonyl (C=O) groups excluding carboxylic acids is 4. The van der Waals surface area contributed by atoms with Gasteiger partial charge in [-0.1, -0.05) is 60.7 Å². The Balaban J connectivity index is 1.28. The molecule has 2 heterocycles. The summed E-state index contributed by atoms with van der Waals surface area (Å²) >= 11 is 0. The molecule has 2 amide bonds. The fourth-order valence-corrected chi connectivity index (χ4v) is 5.19. The van der Waals surface area contributed by atoms with Gasteiger partial charge in [-0.3, -0.25) is 24.1 Å². The van der Waals surface area contributed by atoms with E-state index in [0.717, 1.165) is 22.2 Å². The van der Waals surface area contributed by atoms with Crippen LogP contribution in [0.1, 0.15) is 29.6 Å². The van der Waals surface area contributed by atoms with Crippen LogP contribution in [0.15, 0.2) is 66.7 Å². The third-order valence-corrected chi connectivity index (χ3v) is 6.94. The van der Waals surface area contributed by atoms with Crippen LogP contribution in [-0.2, 0) is 26.2 Å². The van der Waals surface area contributed by atoms with E-state index in [-0.39, 0.29) is 42.4 Å². The maximum absolute atomic E-state index is 13.3. The zero-order valence-electron chi connectivity index (χ0n) is 19.5. The molecule has 0 radical (unpaired) electrons. The number of Topliss-reactive ketones (excluding diaryl/α,β-unsaturated/α-hetero) is 1. The molecule has 2 aliphatic rings. The van der Waals surface area contributed by atoms with E-state index in [0.29, 0.717) is 18.4 Å². The van der Waals surface area contributed by atoms with E-state index in [9.17, 15) is 19.2 Å². The van der Waals surface area contributed by atoms with Gasteiger partial charge >= 0.3 is 5.97 Å². The minimum absolute atomic E-state index is 0.0266. The van der Waals surface area contributed by atoms with E-state index in [1.807, 2.05) is 78.4 Å². The zero-order chi connectivity index (χ0) is 24.5. The number of rotatable bonds is 7. The monoisotopic (exact) mass is 470 g/mol. The molecule has 35 heavy (non-hydrogen) atoms. The van der Waals surface area contributed by atoms with Crippen LogP contribution >= 0.6 is 0 Å². The molecular formula is C28H26N2O5. The number of fused-ring (bicyclic) bond motifs is 2. The largest absolute Gasteiger partial charge is 0.457 e. The molecule has 2 unspecified atom stereocenters. The number of ketones is 1. The second kappa shape index (κ2) is 9.33. The van der Waals surface area contributed by atoms with Gasteiger partial charge in [0.2, 0.25) is 17.6 Å². The molecule has 1 saturated heterocycles. The Bertz CT molecular complexity index is 1330. The lowest BCUT2D eigenvalue weighted by atomic mass is 9.85. The number of carbonyl (C=O) groups is 4. The molecule has 1 fully saturated rings. The minimum Gasteiger partial charge on any atom is -0.457 e. The summed E-state index contributed by atoms with van der Waals surface area (Å²) in [5, 5.41) is 0.791. The number of hydrogen-bond donors (Lipinski definition) is 0. The summed E-state index contributed by atoms with van der Waals surface area (Å²) in [6.45, 7) is -0.440. The van der Waals surface area contributed by atoms with Gasteiger partial charge in [0.15, 0.2) is 6.61 Å². The van der Waals surface area contributed by atoms with Crippen LogP contribution < -0.4 is 0 Å². The highest BCUT2D eigenvalue weighted by atomic mass is 16.5. The van der Waals surface area contributed by atoms with E-state index in [1.54, 1.807) is 0 Å². The number of likely N-dealkylation sites (tertiary alicyclic amines) is 1. The van der Waals surface area contributed by atoms with Crippen LogP contribution in [0.2, 0.25) is 0 Å². The summed E-state index contributed by atoms with van der Waals surface area (Å²) in [6.07, 6.45) is 4.82. The molecule has 1 aliphatic carbocycles. The molecule has 1 aromatic heterocycles. The highest BCUT2D eigenvalue weighted by Crippen LogP contribution is 2.35. The van der Waals surface area contributed by atoms with Crippen molar-refractivity contribution in [1.29, 1.82) is 0 Å². The topological polar surface area (TPSA) is 85.7 Å². The van der Waals surface area contributed by atoms with Gasteiger partial charge in [0, 0.05) is 24.5 Å². The van der Waals surface area contributed by atoms with Crippen LogP contribution in [0, 0.1) is 11.8 Å². The number of aromatic nitrogens is 1. The van der Waals surface area contributed by atoms with Crippen molar-refractivity contribution >= 4 is 34.5 Å². The minimum atomic E-state index is -0.617. The highest BCUT2D eigenvalue weighted by molar-refractivity contribution is 6.14. The lowest BCUT2D eigenvalue weighted by Crippen LogP contribution is -2.33. The van der Waals surface area contributed by atoms with Crippen LogP contribution in [0.5, 0.6) is 0 Å². The van der Waals surface area contributed by atoms with Crippen molar-refractivity contribution in [2.75, 3.05) is 13.2 Å². The van der Waals surface area contributed by atoms with Gasteiger partial charge in [-0.05, 0) is 24.5 Å². The summed E-state index contributed by atoms with van der Waals surface area (Å²) < 4.78 is 7.27. The van der Waals surface area contributed by atoms with Gasteiger partial charge in [0.1, 0.15) is 0 Å². The zero-order valence-corrected chi connectivity index (χ0v) is 19.5. The van der Waals surface area contributed by atoms with Crippen molar-refractivity contribution < 1.29 is 23.9 Å². The predicted molar refractivity (Wildman–Crippen MR) is 130 cm³/mol. The molecule has 2 atom stereocenters. The van der Waals surface area contributed by atoms with Crippen molar-refractivity contribution in [3.63, 3.8) is 0 Å². The van der Waals surface area contributed by atoms with Gasteiger partial charge in [-0.15, -0.1) is 0 Å². The summed E-state index contributed by atoms with van der Waals surface area (Å²) in [5.74, 6) is -2.03. The lowest BCUT2D eigenvalue weighted by Gasteiger charge is -2.14. The van der Waals surface area contributed by atoms with E-state index in [4.69, 9.17) is 4.74 Å². The van der Waals surface area contributed by atoms with Crippen LogP contribution in [0.4, 0.5) is 0 Å². The molecule has 0 saturated carbocycles. The Hall–Kier alpha value is -4.00. The molecule has 0 spiro atoms. The third kappa shape index (κ3) is 4.07. The van der Waals surface area contributed by atoms with E-state index < -0.39 is 12.6 Å². The Morgan fingerprint density at radius 2 is 1.54 bits per heavy atom. The Morgan fingerprint density at radius 1 is 0.914 bits per heavy atom. The molecule has 5 rings (SSSR count). The van der Waals surface area contributed by atoms with Crippen LogP contribution in [0.3, 0.4) is 0 Å². The first-order chi connectivity index (χ1) is 17.0. The predicted octanol–water partition coefficient (Wildman–Crippen LogP) is 3.91. The molecule has 7 heteroatoms. The molecule has 0 N–H and O–H groups in total. The van der Waals surface area contributed by atoms with Gasteiger partial charge in [-0.2, -0.15) is 0 Å². The summed E-state index contributed by atoms with van der Waals surface area (Å²) in [4.78, 5) is 52.1. The van der Waals surface area contributed by atoms with Gasteiger partial charge in [0.05, 0.1) is 29.5 Å². The first kappa shape index (κ1) is 22.8. The SMILES string of the molecule is Cn1c(-c2ccccc2)c(C(=O)COC(=O)CCN2C(=O)C3CC=CCC3C2=O)c2ccccc21. The molecule has 178 valence electrons. The maximum Gasteiger partial charge on any atom is 0.308 e. The average Bonchev–Trinajstić information content (AvgIpc) is 3.32. The van der Waals surface area contributed by atoms with Crippen molar-refractivity contribution in [3.05, 3.63) is 72.3 Å². The standard InChI is InChI=1S/C28H26N2O5/c1-29-22-14-8-7-13-21(22)25(26(29)18-9-3-2-4-10-18)23(31)17-35-24(32)15-16-30-27(33)19-11-5-6-12-20(19)28(30)34/h2-10,13-14,19-20H,11-12,15-17H2,1H3. The number of allylic oxidation sites excluding steroid dienone is 2. The smallest absolute Gasteiger partial charge is 0.308 e. The Kier molecular flexibility index (Phi) is 6.07. The molecular weight excluding hydrogens is 444 g/mol. The van der Waals surface area contributed by atoms with Gasteiger partial charge in [-0.25, -0.2) is 0 Å². The van der Waals surface area contributed by atoms with E-state index in [1.165, 1.54) is 4.90 Å². The van der Waals surface area contributed by atoms with Crippen molar-refractivity contribution in [2.45, 2.75) is 19.3 Å². The second-order valence-electron chi connectivity index (χ2n) is 8.98. The summed E-state index contributed by atoms with van der Waals surface area (Å²) in [5.41, 5.74) is 3.06. The number of hydrogen-bond acceptors (Lipinski definition) is 5. The fraction of sp³-hybridized carbons (Fsp3) is 0.286. The van der Waals surface area contributed by atoms with Crippen molar-refractivity contribution in [1.82, 2.24) is 9.47 Å². The molecule has 3 aromatic rings. The Morgan fingerprint density at radius 3 is 2.23 bits per heavy atom. The molecule has 0 bridgehead atoms. The van der Waals surface area contributed by atoms with Crippen LogP contribution in [0.25, 0.3) is 22.2 Å². The number of para-hydroxylation sites is 1. The number of imide groups is 1. The number of ether oxygens (including phenoxy) is 1. The van der Waals surface area contributed by atoms with Crippen LogP contribution in [-0.4, -0.2) is 46.2 Å².